The number of fused-ring (bicyclic) bond motifs is 1. The second-order valence-corrected chi connectivity index (χ2v) is 8.20. The van der Waals surface area contributed by atoms with Crippen molar-refractivity contribution in [2.45, 2.75) is 33.2 Å². The van der Waals surface area contributed by atoms with Crippen LogP contribution in [-0.2, 0) is 16.2 Å². The van der Waals surface area contributed by atoms with Gasteiger partial charge in [0, 0.05) is 43.1 Å². The number of hydroxylamine groups is 2. The number of thiophene rings is 1. The highest BCUT2D eigenvalue weighted by atomic mass is 32.1. The monoisotopic (exact) mass is 391 g/mol. The van der Waals surface area contributed by atoms with Gasteiger partial charge in [0.05, 0.1) is 17.2 Å². The number of likely N-dealkylation sites (tertiary alicyclic amines) is 1. The lowest BCUT2D eigenvalue weighted by Crippen LogP contribution is -2.48. The molecule has 1 amide bonds. The van der Waals surface area contributed by atoms with Crippen LogP contribution in [0.15, 0.2) is 16.6 Å². The van der Waals surface area contributed by atoms with Crippen LogP contribution in [0.1, 0.15) is 36.4 Å². The van der Waals surface area contributed by atoms with E-state index in [-0.39, 0.29) is 5.91 Å². The highest BCUT2D eigenvalue weighted by Gasteiger charge is 2.27. The Bertz CT molecular complexity index is 730. The van der Waals surface area contributed by atoms with Gasteiger partial charge in [0.15, 0.2) is 0 Å². The molecule has 0 saturated carbocycles. The van der Waals surface area contributed by atoms with E-state index < -0.39 is 0 Å². The van der Waals surface area contributed by atoms with Gasteiger partial charge >= 0.3 is 0 Å². The van der Waals surface area contributed by atoms with E-state index in [0.29, 0.717) is 36.9 Å². The minimum atomic E-state index is -0.131. The zero-order valence-electron chi connectivity index (χ0n) is 16.1. The van der Waals surface area contributed by atoms with Crippen molar-refractivity contribution in [3.05, 3.63) is 21.4 Å². The molecule has 1 fully saturated rings. The predicted octanol–water partition coefficient (Wildman–Crippen LogP) is 2.10. The quantitative estimate of drug-likeness (QED) is 0.662. The third-order valence-corrected chi connectivity index (χ3v) is 5.75. The van der Waals surface area contributed by atoms with Crippen LogP contribution in [0.3, 0.4) is 0 Å². The smallest absolute Gasteiger partial charge is 0.273 e. The van der Waals surface area contributed by atoms with Gasteiger partial charge in [0.25, 0.3) is 5.91 Å². The van der Waals surface area contributed by atoms with Crippen LogP contribution < -0.4 is 11.5 Å². The van der Waals surface area contributed by atoms with Crippen molar-refractivity contribution in [3.63, 3.8) is 0 Å². The van der Waals surface area contributed by atoms with E-state index >= 15 is 0 Å². The average molecular weight is 392 g/mol. The molecule has 0 atom stereocenters. The first-order valence-corrected chi connectivity index (χ1v) is 10.4. The number of nitrogens with two attached hydrogens (primary N) is 2. The molecule has 1 saturated heterocycles. The molecule has 3 heterocycles. The summed E-state index contributed by atoms with van der Waals surface area (Å²) in [5, 5.41) is 1.44. The van der Waals surface area contributed by atoms with E-state index in [2.05, 4.69) is 16.0 Å². The summed E-state index contributed by atoms with van der Waals surface area (Å²) in [5.74, 6) is 0.939. The lowest BCUT2D eigenvalue weighted by atomic mass is 10.0. The molecule has 1 aromatic rings. The second kappa shape index (κ2) is 8.97. The van der Waals surface area contributed by atoms with Crippen molar-refractivity contribution in [2.24, 2.45) is 22.4 Å². The molecule has 4 N–H and O–H groups in total. The summed E-state index contributed by atoms with van der Waals surface area (Å²) in [7, 11) is 0. The fourth-order valence-corrected chi connectivity index (χ4v) is 4.48. The minimum absolute atomic E-state index is 0.131. The number of aliphatic imine (C=N–C) groups is 1. The molecular formula is C19H29N5O2S. The Kier molecular flexibility index (Phi) is 6.64. The molecular weight excluding hydrogens is 362 g/mol. The standard InChI is InChI=1S/C19H29N5O2S/c1-3-5-24(26-4-2)19(25)14-6-17-16(22-18(21)7-14)8-15(27-17)12-23-10-13(9-20)11-23/h6,8,13H,3-5,7,9-12,20H2,1-2H3,(H2,21,22). The Labute approximate surface area is 164 Å². The lowest BCUT2D eigenvalue weighted by Gasteiger charge is -2.38. The lowest BCUT2D eigenvalue weighted by molar-refractivity contribution is -0.180. The van der Waals surface area contributed by atoms with Crippen LogP contribution in [0, 0.1) is 5.92 Å². The largest absolute Gasteiger partial charge is 0.387 e. The topological polar surface area (TPSA) is 97.2 Å². The first-order valence-electron chi connectivity index (χ1n) is 9.57. The molecule has 1 aromatic heterocycles. The van der Waals surface area contributed by atoms with Gasteiger partial charge in [-0.3, -0.25) is 14.5 Å². The highest BCUT2D eigenvalue weighted by Crippen LogP contribution is 2.36. The molecule has 2 aliphatic heterocycles. The second-order valence-electron chi connectivity index (χ2n) is 7.03. The summed E-state index contributed by atoms with van der Waals surface area (Å²) in [6.07, 6.45) is 3.10. The summed E-state index contributed by atoms with van der Waals surface area (Å²) in [6.45, 7) is 8.64. The summed E-state index contributed by atoms with van der Waals surface area (Å²) in [6, 6.07) is 2.08. The van der Waals surface area contributed by atoms with Crippen molar-refractivity contribution in [3.8, 4) is 0 Å². The number of rotatable bonds is 8. The van der Waals surface area contributed by atoms with Crippen LogP contribution in [0.4, 0.5) is 5.69 Å². The summed E-state index contributed by atoms with van der Waals surface area (Å²) in [5.41, 5.74) is 13.3. The van der Waals surface area contributed by atoms with Crippen molar-refractivity contribution in [1.29, 1.82) is 0 Å². The van der Waals surface area contributed by atoms with E-state index in [4.69, 9.17) is 16.3 Å². The molecule has 2 aliphatic rings. The molecule has 0 bridgehead atoms. The number of nitrogens with zero attached hydrogens (tertiary/aromatic N) is 3. The minimum Gasteiger partial charge on any atom is -0.387 e. The highest BCUT2D eigenvalue weighted by molar-refractivity contribution is 7.13. The van der Waals surface area contributed by atoms with E-state index in [1.165, 1.54) is 9.94 Å². The van der Waals surface area contributed by atoms with Gasteiger partial charge < -0.3 is 11.5 Å². The number of carbonyl (C=O) groups excluding carboxylic acids is 1. The molecule has 0 spiro atoms. The van der Waals surface area contributed by atoms with Gasteiger partial charge in [0.1, 0.15) is 5.84 Å². The van der Waals surface area contributed by atoms with Crippen LogP contribution in [-0.4, -0.2) is 54.5 Å². The van der Waals surface area contributed by atoms with Gasteiger partial charge in [-0.1, -0.05) is 6.92 Å². The maximum Gasteiger partial charge on any atom is 0.273 e. The Morgan fingerprint density at radius 1 is 1.44 bits per heavy atom. The number of carbonyl (C=O) groups is 1. The zero-order chi connectivity index (χ0) is 19.4. The zero-order valence-corrected chi connectivity index (χ0v) is 16.9. The van der Waals surface area contributed by atoms with Crippen molar-refractivity contribution < 1.29 is 9.63 Å². The van der Waals surface area contributed by atoms with E-state index in [1.54, 1.807) is 11.3 Å². The Morgan fingerprint density at radius 3 is 2.89 bits per heavy atom. The average Bonchev–Trinajstić information content (AvgIpc) is 2.89. The summed E-state index contributed by atoms with van der Waals surface area (Å²) >= 11 is 1.67. The molecule has 3 rings (SSSR count). The molecule has 27 heavy (non-hydrogen) atoms. The Hall–Kier alpha value is -1.74. The molecule has 0 aromatic carbocycles. The fourth-order valence-electron chi connectivity index (χ4n) is 3.37. The maximum absolute atomic E-state index is 12.9. The summed E-state index contributed by atoms with van der Waals surface area (Å²) < 4.78 is 0. The van der Waals surface area contributed by atoms with Crippen molar-refractivity contribution in [2.75, 3.05) is 32.8 Å². The van der Waals surface area contributed by atoms with Gasteiger partial charge in [-0.2, -0.15) is 0 Å². The fraction of sp³-hybridized carbons (Fsp3) is 0.579. The van der Waals surface area contributed by atoms with Gasteiger partial charge in [-0.05, 0) is 37.9 Å². The first kappa shape index (κ1) is 20.0. The van der Waals surface area contributed by atoms with Gasteiger partial charge in [-0.25, -0.2) is 10.1 Å². The van der Waals surface area contributed by atoms with E-state index in [9.17, 15) is 4.79 Å². The molecule has 7 nitrogen and oxygen atoms in total. The molecule has 8 heteroatoms. The van der Waals surface area contributed by atoms with Crippen LogP contribution in [0.5, 0.6) is 0 Å². The molecule has 0 aliphatic carbocycles. The molecule has 0 unspecified atom stereocenters. The third kappa shape index (κ3) is 4.76. The number of hydrogen-bond donors (Lipinski definition) is 2. The van der Waals surface area contributed by atoms with Crippen LogP contribution >= 0.6 is 11.3 Å². The van der Waals surface area contributed by atoms with E-state index in [0.717, 1.165) is 43.2 Å². The van der Waals surface area contributed by atoms with Crippen LogP contribution in [0.2, 0.25) is 0 Å². The van der Waals surface area contributed by atoms with Crippen molar-refractivity contribution in [1.82, 2.24) is 9.96 Å². The third-order valence-electron chi connectivity index (χ3n) is 4.69. The van der Waals surface area contributed by atoms with Crippen molar-refractivity contribution >= 4 is 34.8 Å². The normalized spacial score (nSPS) is 17.6. The molecule has 148 valence electrons. The SMILES string of the molecule is CCCN(OCC)C(=O)C1=Cc2sc(CN3CC(CN)C3)cc2N=C(N)C1. The molecule has 0 radical (unpaired) electrons. The van der Waals surface area contributed by atoms with Gasteiger partial charge in [0.2, 0.25) is 0 Å². The van der Waals surface area contributed by atoms with Gasteiger partial charge in [-0.15, -0.1) is 11.3 Å². The maximum atomic E-state index is 12.9. The predicted molar refractivity (Wildman–Crippen MR) is 110 cm³/mol. The number of hydrogen-bond acceptors (Lipinski definition) is 7. The number of amides is 1. The van der Waals surface area contributed by atoms with Crippen LogP contribution in [0.25, 0.3) is 6.08 Å². The Morgan fingerprint density at radius 2 is 2.22 bits per heavy atom. The summed E-state index contributed by atoms with van der Waals surface area (Å²) in [4.78, 5) is 27.5. The first-order chi connectivity index (χ1) is 13.0. The Balaban J connectivity index is 1.78. The van der Waals surface area contributed by atoms with E-state index in [1.807, 2.05) is 19.9 Å². The number of amidine groups is 1.